The summed E-state index contributed by atoms with van der Waals surface area (Å²) in [6, 6.07) is 3.45. The van der Waals surface area contributed by atoms with Crippen LogP contribution in [0.2, 0.25) is 0 Å². The SMILES string of the molecule is CCOC(CCNC(=NC)N1CCN(C(=O)c2ccco2)CC1)C(C)C.I. The van der Waals surface area contributed by atoms with E-state index < -0.39 is 0 Å². The number of furan rings is 1. The van der Waals surface area contributed by atoms with Gasteiger partial charge in [-0.1, -0.05) is 13.8 Å². The fraction of sp³-hybridized carbons (Fsp3) is 0.684. The molecule has 1 aromatic rings. The Bertz CT molecular complexity index is 570. The fourth-order valence-corrected chi connectivity index (χ4v) is 3.16. The van der Waals surface area contributed by atoms with Gasteiger partial charge in [0.2, 0.25) is 0 Å². The standard InChI is InChI=1S/C19H32N4O3.HI/c1-5-25-16(15(2)3)8-9-21-19(20-4)23-12-10-22(11-13-23)18(24)17-7-6-14-26-17;/h6-7,14-16H,5,8-13H2,1-4H3,(H,20,21);1H. The van der Waals surface area contributed by atoms with E-state index >= 15 is 0 Å². The molecule has 2 heterocycles. The monoisotopic (exact) mass is 492 g/mol. The lowest BCUT2D eigenvalue weighted by molar-refractivity contribution is 0.0256. The van der Waals surface area contributed by atoms with Crippen LogP contribution >= 0.6 is 24.0 Å². The van der Waals surface area contributed by atoms with Gasteiger partial charge >= 0.3 is 0 Å². The number of hydrogen-bond acceptors (Lipinski definition) is 4. The predicted molar refractivity (Wildman–Crippen MR) is 118 cm³/mol. The molecule has 0 aliphatic carbocycles. The van der Waals surface area contributed by atoms with Crippen LogP contribution in [0.4, 0.5) is 0 Å². The number of hydrogen-bond donors (Lipinski definition) is 1. The first-order valence-electron chi connectivity index (χ1n) is 9.46. The number of ether oxygens (including phenoxy) is 1. The van der Waals surface area contributed by atoms with Gasteiger partial charge in [-0.25, -0.2) is 0 Å². The Labute approximate surface area is 179 Å². The molecule has 1 unspecified atom stereocenters. The summed E-state index contributed by atoms with van der Waals surface area (Å²) in [4.78, 5) is 20.7. The van der Waals surface area contributed by atoms with Gasteiger partial charge < -0.3 is 24.3 Å². The maximum Gasteiger partial charge on any atom is 0.289 e. The van der Waals surface area contributed by atoms with Crippen molar-refractivity contribution in [2.24, 2.45) is 10.9 Å². The van der Waals surface area contributed by atoms with Crippen molar-refractivity contribution < 1.29 is 13.9 Å². The van der Waals surface area contributed by atoms with Gasteiger partial charge in [0.15, 0.2) is 11.7 Å². The maximum atomic E-state index is 12.3. The molecule has 8 heteroatoms. The molecule has 0 saturated carbocycles. The van der Waals surface area contributed by atoms with Crippen LogP contribution in [0.1, 0.15) is 37.7 Å². The molecule has 2 rings (SSSR count). The quantitative estimate of drug-likeness (QED) is 0.360. The minimum absolute atomic E-state index is 0. The second-order valence-corrected chi connectivity index (χ2v) is 6.76. The summed E-state index contributed by atoms with van der Waals surface area (Å²) in [5, 5.41) is 3.43. The number of halogens is 1. The van der Waals surface area contributed by atoms with E-state index in [1.807, 2.05) is 11.8 Å². The Kier molecular flexibility index (Phi) is 10.8. The number of nitrogens with zero attached hydrogens (tertiary/aromatic N) is 3. The van der Waals surface area contributed by atoms with E-state index in [-0.39, 0.29) is 36.0 Å². The Balaban J connectivity index is 0.00000364. The number of amides is 1. The Morgan fingerprint density at radius 2 is 1.96 bits per heavy atom. The third-order valence-corrected chi connectivity index (χ3v) is 4.65. The first kappa shape index (κ1) is 23.7. The molecule has 1 saturated heterocycles. The lowest BCUT2D eigenvalue weighted by atomic mass is 10.0. The maximum absolute atomic E-state index is 12.3. The average molecular weight is 492 g/mol. The largest absolute Gasteiger partial charge is 0.459 e. The van der Waals surface area contributed by atoms with Crippen LogP contribution in [-0.2, 0) is 4.74 Å². The van der Waals surface area contributed by atoms with E-state index in [2.05, 4.69) is 29.1 Å². The summed E-state index contributed by atoms with van der Waals surface area (Å²) in [6.45, 7) is 10.8. The molecule has 0 radical (unpaired) electrons. The van der Waals surface area contributed by atoms with Crippen molar-refractivity contribution in [1.82, 2.24) is 15.1 Å². The summed E-state index contributed by atoms with van der Waals surface area (Å²) in [7, 11) is 1.80. The molecule has 1 fully saturated rings. The van der Waals surface area contributed by atoms with Crippen LogP contribution in [0.15, 0.2) is 27.8 Å². The lowest BCUT2D eigenvalue weighted by Gasteiger charge is -2.36. The minimum Gasteiger partial charge on any atom is -0.459 e. The molecule has 1 N–H and O–H groups in total. The van der Waals surface area contributed by atoms with Gasteiger partial charge in [0, 0.05) is 46.4 Å². The lowest BCUT2D eigenvalue weighted by Crippen LogP contribution is -2.54. The fourth-order valence-electron chi connectivity index (χ4n) is 3.16. The highest BCUT2D eigenvalue weighted by Crippen LogP contribution is 2.11. The van der Waals surface area contributed by atoms with Gasteiger partial charge in [-0.3, -0.25) is 9.79 Å². The first-order chi connectivity index (χ1) is 12.6. The molecular weight excluding hydrogens is 459 g/mol. The van der Waals surface area contributed by atoms with Crippen LogP contribution in [0, 0.1) is 5.92 Å². The zero-order valence-electron chi connectivity index (χ0n) is 16.8. The molecule has 1 aliphatic rings. The molecule has 0 bridgehead atoms. The Hall–Kier alpha value is -1.29. The Morgan fingerprint density at radius 3 is 2.48 bits per heavy atom. The van der Waals surface area contributed by atoms with Gasteiger partial charge in [0.1, 0.15) is 0 Å². The van der Waals surface area contributed by atoms with Crippen LogP contribution in [-0.4, -0.2) is 74.1 Å². The van der Waals surface area contributed by atoms with Crippen LogP contribution < -0.4 is 5.32 Å². The molecule has 0 aromatic carbocycles. The van der Waals surface area contributed by atoms with Crippen molar-refractivity contribution in [2.75, 3.05) is 46.4 Å². The molecule has 154 valence electrons. The normalized spacial score (nSPS) is 16.3. The number of rotatable bonds is 7. The van der Waals surface area contributed by atoms with E-state index in [4.69, 9.17) is 9.15 Å². The number of aliphatic imine (C=N–C) groups is 1. The second-order valence-electron chi connectivity index (χ2n) is 6.76. The highest BCUT2D eigenvalue weighted by molar-refractivity contribution is 14.0. The summed E-state index contributed by atoms with van der Waals surface area (Å²) < 4.78 is 11.0. The van der Waals surface area contributed by atoms with E-state index in [1.165, 1.54) is 6.26 Å². The summed E-state index contributed by atoms with van der Waals surface area (Å²) in [5.74, 6) is 1.73. The third kappa shape index (κ3) is 6.99. The van der Waals surface area contributed by atoms with Crippen molar-refractivity contribution in [3.8, 4) is 0 Å². The van der Waals surface area contributed by atoms with Crippen molar-refractivity contribution in [3.63, 3.8) is 0 Å². The van der Waals surface area contributed by atoms with Crippen LogP contribution in [0.3, 0.4) is 0 Å². The van der Waals surface area contributed by atoms with Crippen LogP contribution in [0.25, 0.3) is 0 Å². The average Bonchev–Trinajstić information content (AvgIpc) is 3.18. The highest BCUT2D eigenvalue weighted by atomic mass is 127. The van der Waals surface area contributed by atoms with E-state index in [9.17, 15) is 4.79 Å². The van der Waals surface area contributed by atoms with Gasteiger partial charge in [0.25, 0.3) is 5.91 Å². The number of carbonyl (C=O) groups is 1. The van der Waals surface area contributed by atoms with Crippen molar-refractivity contribution >= 4 is 35.8 Å². The van der Waals surface area contributed by atoms with Gasteiger partial charge in [0.05, 0.1) is 12.4 Å². The molecule has 1 amide bonds. The Morgan fingerprint density at radius 1 is 1.30 bits per heavy atom. The predicted octanol–water partition coefficient (Wildman–Crippen LogP) is 2.68. The number of piperazine rings is 1. The summed E-state index contributed by atoms with van der Waals surface area (Å²) in [5.41, 5.74) is 0. The number of guanidine groups is 1. The van der Waals surface area contributed by atoms with E-state index in [1.54, 1.807) is 19.2 Å². The van der Waals surface area contributed by atoms with Gasteiger partial charge in [-0.2, -0.15) is 0 Å². The first-order valence-corrected chi connectivity index (χ1v) is 9.46. The molecule has 1 aromatic heterocycles. The molecule has 27 heavy (non-hydrogen) atoms. The zero-order chi connectivity index (χ0) is 18.9. The molecule has 1 aliphatic heterocycles. The number of carbonyl (C=O) groups excluding carboxylic acids is 1. The van der Waals surface area contributed by atoms with Crippen molar-refractivity contribution in [3.05, 3.63) is 24.2 Å². The minimum atomic E-state index is -0.0471. The van der Waals surface area contributed by atoms with Crippen molar-refractivity contribution in [2.45, 2.75) is 33.3 Å². The van der Waals surface area contributed by atoms with E-state index in [0.29, 0.717) is 24.8 Å². The summed E-state index contributed by atoms with van der Waals surface area (Å²) in [6.07, 6.45) is 2.73. The zero-order valence-corrected chi connectivity index (χ0v) is 19.1. The van der Waals surface area contributed by atoms with E-state index in [0.717, 1.165) is 38.6 Å². The third-order valence-electron chi connectivity index (χ3n) is 4.65. The van der Waals surface area contributed by atoms with Gasteiger partial charge in [-0.15, -0.1) is 24.0 Å². The van der Waals surface area contributed by atoms with Crippen LogP contribution in [0.5, 0.6) is 0 Å². The summed E-state index contributed by atoms with van der Waals surface area (Å²) >= 11 is 0. The smallest absolute Gasteiger partial charge is 0.289 e. The topological polar surface area (TPSA) is 70.3 Å². The number of nitrogens with one attached hydrogen (secondary N) is 1. The van der Waals surface area contributed by atoms with Crippen molar-refractivity contribution in [1.29, 1.82) is 0 Å². The molecule has 1 atom stereocenters. The molecule has 0 spiro atoms. The second kappa shape index (κ2) is 12.2. The van der Waals surface area contributed by atoms with Gasteiger partial charge in [-0.05, 0) is 31.4 Å². The highest BCUT2D eigenvalue weighted by Gasteiger charge is 2.25. The molecular formula is C19H33IN4O3. The molecule has 7 nitrogen and oxygen atoms in total.